The molecule has 2 fully saturated rings. The van der Waals surface area contributed by atoms with Gasteiger partial charge < -0.3 is 10.5 Å². The maximum Gasteiger partial charge on any atom is 0.0501 e. The van der Waals surface area contributed by atoms with Crippen LogP contribution in [0.3, 0.4) is 0 Å². The fourth-order valence-electron chi connectivity index (χ4n) is 2.06. The molecule has 2 nitrogen and oxygen atoms in total. The molecule has 0 radical (unpaired) electrons. The zero-order valence-corrected chi connectivity index (χ0v) is 5.71. The number of fused-ring (bicyclic) bond motifs is 1. The molecule has 2 rings (SSSR count). The highest BCUT2D eigenvalue weighted by Crippen LogP contribution is 2.51. The standard InChI is InChI=1S/C7H13NO/c1-4(8)7-5-2-9-3-6(5)7/h4-7H,2-3,8H2,1H3. The summed E-state index contributed by atoms with van der Waals surface area (Å²) in [6.07, 6.45) is 0. The lowest BCUT2D eigenvalue weighted by Crippen LogP contribution is -2.21. The Labute approximate surface area is 55.4 Å². The predicted octanol–water partition coefficient (Wildman–Crippen LogP) is 0.226. The van der Waals surface area contributed by atoms with Crippen LogP contribution in [0.1, 0.15) is 6.92 Å². The molecule has 2 aliphatic rings. The van der Waals surface area contributed by atoms with Crippen molar-refractivity contribution in [1.29, 1.82) is 0 Å². The maximum atomic E-state index is 5.73. The van der Waals surface area contributed by atoms with Gasteiger partial charge in [0.1, 0.15) is 0 Å². The molecule has 1 saturated heterocycles. The molecule has 2 heteroatoms. The summed E-state index contributed by atoms with van der Waals surface area (Å²) in [4.78, 5) is 0. The minimum atomic E-state index is 0.392. The molecule has 0 aromatic carbocycles. The Hall–Kier alpha value is -0.0800. The molecule has 0 amide bonds. The van der Waals surface area contributed by atoms with E-state index in [1.807, 2.05) is 0 Å². The van der Waals surface area contributed by atoms with E-state index < -0.39 is 0 Å². The van der Waals surface area contributed by atoms with E-state index in [0.29, 0.717) is 6.04 Å². The quantitative estimate of drug-likeness (QED) is 0.547. The van der Waals surface area contributed by atoms with Gasteiger partial charge >= 0.3 is 0 Å². The average Bonchev–Trinajstić information content (AvgIpc) is 2.30. The molecule has 3 unspecified atom stereocenters. The minimum Gasteiger partial charge on any atom is -0.381 e. The molecule has 0 spiro atoms. The Bertz CT molecular complexity index is 114. The maximum absolute atomic E-state index is 5.73. The smallest absolute Gasteiger partial charge is 0.0501 e. The highest BCUT2D eigenvalue weighted by atomic mass is 16.5. The van der Waals surface area contributed by atoms with Crippen molar-refractivity contribution in [3.8, 4) is 0 Å². The van der Waals surface area contributed by atoms with Crippen molar-refractivity contribution < 1.29 is 4.74 Å². The van der Waals surface area contributed by atoms with Crippen molar-refractivity contribution in [2.24, 2.45) is 23.5 Å². The van der Waals surface area contributed by atoms with Gasteiger partial charge in [-0.1, -0.05) is 0 Å². The van der Waals surface area contributed by atoms with Crippen molar-refractivity contribution in [2.75, 3.05) is 13.2 Å². The number of hydrogen-bond acceptors (Lipinski definition) is 2. The first-order chi connectivity index (χ1) is 4.30. The topological polar surface area (TPSA) is 35.2 Å². The second-order valence-electron chi connectivity index (χ2n) is 3.30. The van der Waals surface area contributed by atoms with Crippen molar-refractivity contribution in [2.45, 2.75) is 13.0 Å². The summed E-state index contributed by atoms with van der Waals surface area (Å²) >= 11 is 0. The van der Waals surface area contributed by atoms with E-state index in [9.17, 15) is 0 Å². The normalized spacial score (nSPS) is 50.7. The summed E-state index contributed by atoms with van der Waals surface area (Å²) < 4.78 is 5.23. The van der Waals surface area contributed by atoms with Gasteiger partial charge in [0.2, 0.25) is 0 Å². The average molecular weight is 127 g/mol. The fourth-order valence-corrected chi connectivity index (χ4v) is 2.06. The van der Waals surface area contributed by atoms with E-state index in [4.69, 9.17) is 10.5 Å². The minimum absolute atomic E-state index is 0.392. The summed E-state index contributed by atoms with van der Waals surface area (Å²) in [6.45, 7) is 4.04. The highest BCUT2D eigenvalue weighted by molar-refractivity contribution is 5.03. The number of nitrogens with two attached hydrogens (primary N) is 1. The van der Waals surface area contributed by atoms with Crippen LogP contribution in [0, 0.1) is 17.8 Å². The Morgan fingerprint density at radius 3 is 2.33 bits per heavy atom. The summed E-state index contributed by atoms with van der Waals surface area (Å²) in [5.74, 6) is 2.44. The summed E-state index contributed by atoms with van der Waals surface area (Å²) in [5.41, 5.74) is 5.73. The van der Waals surface area contributed by atoms with Gasteiger partial charge in [-0.05, 0) is 24.7 Å². The zero-order valence-electron chi connectivity index (χ0n) is 5.71. The van der Waals surface area contributed by atoms with Crippen molar-refractivity contribution in [1.82, 2.24) is 0 Å². The molecule has 2 N–H and O–H groups in total. The van der Waals surface area contributed by atoms with E-state index in [1.165, 1.54) is 0 Å². The molecule has 0 bridgehead atoms. The van der Waals surface area contributed by atoms with Crippen LogP contribution < -0.4 is 5.73 Å². The van der Waals surface area contributed by atoms with Crippen LogP contribution in [-0.2, 0) is 4.74 Å². The van der Waals surface area contributed by atoms with E-state index in [1.54, 1.807) is 0 Å². The van der Waals surface area contributed by atoms with Gasteiger partial charge in [-0.2, -0.15) is 0 Å². The van der Waals surface area contributed by atoms with Crippen LogP contribution in [0.5, 0.6) is 0 Å². The summed E-state index contributed by atoms with van der Waals surface area (Å²) in [6, 6.07) is 0.392. The van der Waals surface area contributed by atoms with Crippen LogP contribution >= 0.6 is 0 Å². The third kappa shape index (κ3) is 0.700. The molecule has 1 aliphatic carbocycles. The molecule has 3 atom stereocenters. The van der Waals surface area contributed by atoms with Gasteiger partial charge in [-0.25, -0.2) is 0 Å². The van der Waals surface area contributed by atoms with E-state index in [-0.39, 0.29) is 0 Å². The fraction of sp³-hybridized carbons (Fsp3) is 1.00. The first-order valence-corrected chi connectivity index (χ1v) is 3.64. The van der Waals surface area contributed by atoms with Crippen LogP contribution in [0.25, 0.3) is 0 Å². The SMILES string of the molecule is CC(N)C1C2COCC21. The van der Waals surface area contributed by atoms with Crippen molar-refractivity contribution >= 4 is 0 Å². The number of rotatable bonds is 1. The predicted molar refractivity (Wildman–Crippen MR) is 34.9 cm³/mol. The lowest BCUT2D eigenvalue weighted by Gasteiger charge is -2.06. The zero-order chi connectivity index (χ0) is 6.43. The molecule has 0 aromatic heterocycles. The van der Waals surface area contributed by atoms with E-state index in [2.05, 4.69) is 6.92 Å². The molecular weight excluding hydrogens is 114 g/mol. The summed E-state index contributed by atoms with van der Waals surface area (Å²) in [7, 11) is 0. The molecular formula is C7H13NO. The summed E-state index contributed by atoms with van der Waals surface area (Å²) in [5, 5.41) is 0. The van der Waals surface area contributed by atoms with Crippen LogP contribution in [0.2, 0.25) is 0 Å². The third-order valence-corrected chi connectivity index (χ3v) is 2.63. The number of hydrogen-bond donors (Lipinski definition) is 1. The first-order valence-electron chi connectivity index (χ1n) is 3.64. The van der Waals surface area contributed by atoms with Crippen molar-refractivity contribution in [3.63, 3.8) is 0 Å². The molecule has 1 heterocycles. The van der Waals surface area contributed by atoms with Gasteiger partial charge in [-0.15, -0.1) is 0 Å². The molecule has 52 valence electrons. The first kappa shape index (κ1) is 5.69. The highest BCUT2D eigenvalue weighted by Gasteiger charge is 2.55. The molecule has 1 aliphatic heterocycles. The largest absolute Gasteiger partial charge is 0.381 e. The Morgan fingerprint density at radius 2 is 2.00 bits per heavy atom. The second-order valence-corrected chi connectivity index (χ2v) is 3.30. The Balaban J connectivity index is 1.94. The Morgan fingerprint density at radius 1 is 1.44 bits per heavy atom. The lowest BCUT2D eigenvalue weighted by atomic mass is 10.2. The van der Waals surface area contributed by atoms with Crippen LogP contribution in [-0.4, -0.2) is 19.3 Å². The Kier molecular flexibility index (Phi) is 1.08. The van der Waals surface area contributed by atoms with E-state index in [0.717, 1.165) is 31.0 Å². The van der Waals surface area contributed by atoms with Crippen LogP contribution in [0.15, 0.2) is 0 Å². The molecule has 9 heavy (non-hydrogen) atoms. The van der Waals surface area contributed by atoms with Crippen LogP contribution in [0.4, 0.5) is 0 Å². The van der Waals surface area contributed by atoms with Gasteiger partial charge in [0, 0.05) is 6.04 Å². The third-order valence-electron chi connectivity index (χ3n) is 2.63. The van der Waals surface area contributed by atoms with Crippen molar-refractivity contribution in [3.05, 3.63) is 0 Å². The monoisotopic (exact) mass is 127 g/mol. The lowest BCUT2D eigenvalue weighted by molar-refractivity contribution is 0.147. The van der Waals surface area contributed by atoms with Gasteiger partial charge in [-0.3, -0.25) is 0 Å². The number of ether oxygens (including phenoxy) is 1. The van der Waals surface area contributed by atoms with Gasteiger partial charge in [0.25, 0.3) is 0 Å². The second kappa shape index (κ2) is 1.70. The van der Waals surface area contributed by atoms with Gasteiger partial charge in [0.05, 0.1) is 13.2 Å². The van der Waals surface area contributed by atoms with Gasteiger partial charge in [0.15, 0.2) is 0 Å². The molecule has 0 aromatic rings. The molecule has 1 saturated carbocycles. The van der Waals surface area contributed by atoms with E-state index >= 15 is 0 Å².